The second-order valence-electron chi connectivity index (χ2n) is 6.62. The Hall–Kier alpha value is -2.77. The summed E-state index contributed by atoms with van der Waals surface area (Å²) in [5.41, 5.74) is 6.96. The third-order valence-corrected chi connectivity index (χ3v) is 5.16. The summed E-state index contributed by atoms with van der Waals surface area (Å²) in [4.78, 5) is 29.6. The van der Waals surface area contributed by atoms with Gasteiger partial charge < -0.3 is 10.6 Å². The molecule has 2 aromatic heterocycles. The van der Waals surface area contributed by atoms with Gasteiger partial charge in [0.05, 0.1) is 10.6 Å². The van der Waals surface area contributed by atoms with Gasteiger partial charge >= 0.3 is 0 Å². The fraction of sp³-hybridized carbons (Fsp3) is 0.286. The Balaban J connectivity index is 0.00000117. The van der Waals surface area contributed by atoms with Crippen LogP contribution in [0.1, 0.15) is 33.6 Å². The number of amides is 1. The SMILES string of the molecule is CN.O=Cc1ccc(-n2cc(Cl)c3cc(C(=O)N4CCC(F)CC4)cnc32)cc1. The minimum absolute atomic E-state index is 0.157. The van der Waals surface area contributed by atoms with Crippen molar-refractivity contribution in [3.63, 3.8) is 0 Å². The Morgan fingerprint density at radius 2 is 1.90 bits per heavy atom. The van der Waals surface area contributed by atoms with Gasteiger partial charge in [-0.25, -0.2) is 9.37 Å². The zero-order valence-electron chi connectivity index (χ0n) is 16.0. The molecule has 1 saturated heterocycles. The molecule has 0 spiro atoms. The molecule has 8 heteroatoms. The molecule has 0 unspecified atom stereocenters. The number of fused-ring (bicyclic) bond motifs is 1. The first-order chi connectivity index (χ1) is 14.1. The van der Waals surface area contributed by atoms with Crippen LogP contribution in [0.25, 0.3) is 16.7 Å². The number of nitrogens with two attached hydrogens (primary N) is 1. The van der Waals surface area contributed by atoms with E-state index in [9.17, 15) is 14.0 Å². The first kappa shape index (κ1) is 21.0. The molecule has 29 heavy (non-hydrogen) atoms. The van der Waals surface area contributed by atoms with E-state index in [1.807, 2.05) is 4.57 Å². The van der Waals surface area contributed by atoms with Crippen molar-refractivity contribution in [1.82, 2.24) is 14.5 Å². The van der Waals surface area contributed by atoms with Crippen LogP contribution in [-0.4, -0.2) is 53.0 Å². The van der Waals surface area contributed by atoms with Gasteiger partial charge in [-0.1, -0.05) is 11.6 Å². The summed E-state index contributed by atoms with van der Waals surface area (Å²) in [7, 11) is 1.50. The zero-order chi connectivity index (χ0) is 21.0. The molecular weight excluding hydrogens is 395 g/mol. The number of carbonyl (C=O) groups excluding carboxylic acids is 2. The van der Waals surface area contributed by atoms with Crippen molar-refractivity contribution in [3.05, 3.63) is 58.9 Å². The van der Waals surface area contributed by atoms with Crippen LogP contribution in [-0.2, 0) is 0 Å². The minimum atomic E-state index is -0.830. The third-order valence-electron chi connectivity index (χ3n) is 4.86. The van der Waals surface area contributed by atoms with Crippen LogP contribution in [0.5, 0.6) is 0 Å². The summed E-state index contributed by atoms with van der Waals surface area (Å²) in [6.45, 7) is 0.825. The maximum absolute atomic E-state index is 13.3. The van der Waals surface area contributed by atoms with E-state index in [4.69, 9.17) is 11.6 Å². The first-order valence-electron chi connectivity index (χ1n) is 9.30. The molecule has 0 bridgehead atoms. The molecule has 0 atom stereocenters. The highest BCUT2D eigenvalue weighted by Crippen LogP contribution is 2.28. The Morgan fingerprint density at radius 3 is 2.52 bits per heavy atom. The molecule has 3 aromatic rings. The number of aldehydes is 1. The number of hydrogen-bond acceptors (Lipinski definition) is 4. The monoisotopic (exact) mass is 416 g/mol. The van der Waals surface area contributed by atoms with Crippen molar-refractivity contribution >= 4 is 34.8 Å². The van der Waals surface area contributed by atoms with Gasteiger partial charge in [-0.3, -0.25) is 14.2 Å². The fourth-order valence-electron chi connectivity index (χ4n) is 3.33. The van der Waals surface area contributed by atoms with Gasteiger partial charge in [-0.15, -0.1) is 0 Å². The van der Waals surface area contributed by atoms with Crippen LogP contribution in [0.2, 0.25) is 5.02 Å². The minimum Gasteiger partial charge on any atom is -0.338 e. The molecule has 1 fully saturated rings. The number of alkyl halides is 1. The van der Waals surface area contributed by atoms with Crippen molar-refractivity contribution in [2.75, 3.05) is 20.1 Å². The van der Waals surface area contributed by atoms with E-state index in [1.165, 1.54) is 13.2 Å². The Morgan fingerprint density at radius 1 is 1.24 bits per heavy atom. The lowest BCUT2D eigenvalue weighted by molar-refractivity contribution is 0.0666. The molecule has 0 radical (unpaired) electrons. The first-order valence-corrected chi connectivity index (χ1v) is 9.68. The van der Waals surface area contributed by atoms with Gasteiger partial charge in [0.15, 0.2) is 0 Å². The average molecular weight is 417 g/mol. The average Bonchev–Trinajstić information content (AvgIpc) is 3.11. The molecule has 0 aliphatic carbocycles. The molecule has 2 N–H and O–H groups in total. The quantitative estimate of drug-likeness (QED) is 0.661. The van der Waals surface area contributed by atoms with Gasteiger partial charge in [0.2, 0.25) is 0 Å². The molecular formula is C21H22ClFN4O2. The number of aromatic nitrogens is 2. The van der Waals surface area contributed by atoms with Crippen LogP contribution < -0.4 is 5.73 Å². The lowest BCUT2D eigenvalue weighted by Crippen LogP contribution is -2.39. The van der Waals surface area contributed by atoms with Gasteiger partial charge in [0.25, 0.3) is 5.91 Å². The van der Waals surface area contributed by atoms with Gasteiger partial charge in [0.1, 0.15) is 18.1 Å². The fourth-order valence-corrected chi connectivity index (χ4v) is 3.57. The topological polar surface area (TPSA) is 81.2 Å². The molecule has 1 aliphatic heterocycles. The van der Waals surface area contributed by atoms with Gasteiger partial charge in [-0.2, -0.15) is 0 Å². The molecule has 4 rings (SSSR count). The summed E-state index contributed by atoms with van der Waals surface area (Å²) in [5.74, 6) is -0.157. The largest absolute Gasteiger partial charge is 0.338 e. The predicted molar refractivity (Wildman–Crippen MR) is 112 cm³/mol. The van der Waals surface area contributed by atoms with Crippen molar-refractivity contribution in [3.8, 4) is 5.69 Å². The second kappa shape index (κ2) is 9.15. The normalized spacial score (nSPS) is 14.4. The zero-order valence-corrected chi connectivity index (χ0v) is 16.8. The Bertz CT molecular complexity index is 1010. The summed E-state index contributed by atoms with van der Waals surface area (Å²) >= 11 is 6.38. The molecule has 1 aliphatic rings. The predicted octanol–water partition coefficient (Wildman–Crippen LogP) is 3.64. The summed E-state index contributed by atoms with van der Waals surface area (Å²) < 4.78 is 15.1. The summed E-state index contributed by atoms with van der Waals surface area (Å²) in [6, 6.07) is 8.77. The van der Waals surface area contributed by atoms with Crippen LogP contribution >= 0.6 is 11.6 Å². The standard InChI is InChI=1S/C20H17ClFN3O2.CH5N/c21-18-11-25(16-3-1-13(12-26)2-4-16)19-17(18)9-14(10-23-19)20(27)24-7-5-15(22)6-8-24;1-2/h1-4,9-12,15H,5-8H2;2H2,1H3. The van der Waals surface area contributed by atoms with Crippen LogP contribution in [0.4, 0.5) is 4.39 Å². The second-order valence-corrected chi connectivity index (χ2v) is 7.03. The number of nitrogens with zero attached hydrogens (tertiary/aromatic N) is 3. The van der Waals surface area contributed by atoms with E-state index in [-0.39, 0.29) is 5.91 Å². The van der Waals surface area contributed by atoms with Crippen LogP contribution in [0.3, 0.4) is 0 Å². The van der Waals surface area contributed by atoms with E-state index in [2.05, 4.69) is 10.7 Å². The summed E-state index contributed by atoms with van der Waals surface area (Å²) in [6.07, 6.45) is 3.96. The number of likely N-dealkylation sites (tertiary alicyclic amines) is 1. The highest BCUT2D eigenvalue weighted by Gasteiger charge is 2.24. The van der Waals surface area contributed by atoms with Crippen LogP contribution in [0, 0.1) is 0 Å². The Labute approximate surface area is 173 Å². The maximum Gasteiger partial charge on any atom is 0.255 e. The summed E-state index contributed by atoms with van der Waals surface area (Å²) in [5, 5.41) is 1.15. The maximum atomic E-state index is 13.3. The van der Waals surface area contributed by atoms with Gasteiger partial charge in [0, 0.05) is 42.1 Å². The van der Waals surface area contributed by atoms with E-state index in [1.54, 1.807) is 41.4 Å². The number of rotatable bonds is 3. The molecule has 6 nitrogen and oxygen atoms in total. The van der Waals surface area contributed by atoms with Crippen molar-refractivity contribution in [2.45, 2.75) is 19.0 Å². The highest BCUT2D eigenvalue weighted by molar-refractivity contribution is 6.35. The number of hydrogen-bond donors (Lipinski definition) is 1. The molecule has 1 aromatic carbocycles. The van der Waals surface area contributed by atoms with Crippen LogP contribution in [0.15, 0.2) is 42.7 Å². The number of benzene rings is 1. The third kappa shape index (κ3) is 4.31. The smallest absolute Gasteiger partial charge is 0.255 e. The number of pyridine rings is 1. The van der Waals surface area contributed by atoms with E-state index in [0.29, 0.717) is 53.1 Å². The van der Waals surface area contributed by atoms with Crippen molar-refractivity contribution in [1.29, 1.82) is 0 Å². The van der Waals surface area contributed by atoms with Crippen molar-refractivity contribution < 1.29 is 14.0 Å². The van der Waals surface area contributed by atoms with Gasteiger partial charge in [-0.05, 0) is 50.2 Å². The number of carbonyl (C=O) groups is 2. The lowest BCUT2D eigenvalue weighted by atomic mass is 10.1. The molecule has 1 amide bonds. The van der Waals surface area contributed by atoms with E-state index >= 15 is 0 Å². The van der Waals surface area contributed by atoms with E-state index in [0.717, 1.165) is 12.0 Å². The van der Waals surface area contributed by atoms with E-state index < -0.39 is 6.17 Å². The molecule has 0 saturated carbocycles. The number of piperidine rings is 1. The molecule has 3 heterocycles. The van der Waals surface area contributed by atoms with Crippen molar-refractivity contribution in [2.24, 2.45) is 5.73 Å². The molecule has 152 valence electrons. The highest BCUT2D eigenvalue weighted by atomic mass is 35.5. The lowest BCUT2D eigenvalue weighted by Gasteiger charge is -2.28. The number of halogens is 2. The Kier molecular flexibility index (Phi) is 6.61.